The Morgan fingerprint density at radius 2 is 1.87 bits per heavy atom. The first-order valence-corrected chi connectivity index (χ1v) is 6.84. The van der Waals surface area contributed by atoms with Crippen LogP contribution in [0.25, 0.3) is 0 Å². The number of esters is 1. The minimum Gasteiger partial charge on any atom is -0.452 e. The molecule has 0 saturated carbocycles. The van der Waals surface area contributed by atoms with E-state index in [1.807, 2.05) is 0 Å². The lowest BCUT2D eigenvalue weighted by atomic mass is 10.1. The van der Waals surface area contributed by atoms with Crippen molar-refractivity contribution in [1.82, 2.24) is 0 Å². The van der Waals surface area contributed by atoms with Gasteiger partial charge in [0.1, 0.15) is 12.1 Å². The lowest BCUT2D eigenvalue weighted by molar-refractivity contribution is -0.119. The number of amides is 1. The van der Waals surface area contributed by atoms with Gasteiger partial charge in [-0.15, -0.1) is 0 Å². The summed E-state index contributed by atoms with van der Waals surface area (Å²) in [4.78, 5) is 34.0. The predicted octanol–water partition coefficient (Wildman–Crippen LogP) is 3.09. The highest BCUT2D eigenvalue weighted by atomic mass is 35.5. The van der Waals surface area contributed by atoms with E-state index in [1.54, 1.807) is 0 Å². The molecule has 0 spiro atoms. The van der Waals surface area contributed by atoms with Crippen LogP contribution in [0.3, 0.4) is 0 Å². The Labute approximate surface area is 136 Å². The molecular weight excluding hydrogens is 325 g/mol. The van der Waals surface area contributed by atoms with Gasteiger partial charge in [-0.25, -0.2) is 9.18 Å². The monoisotopic (exact) mass is 335 g/mol. The van der Waals surface area contributed by atoms with Crippen LogP contribution in [0.5, 0.6) is 0 Å². The summed E-state index contributed by atoms with van der Waals surface area (Å²) in [5.74, 6) is -1.85. The Morgan fingerprint density at radius 1 is 1.17 bits per heavy atom. The van der Waals surface area contributed by atoms with Crippen LogP contribution in [0.1, 0.15) is 20.7 Å². The quantitative estimate of drug-likeness (QED) is 0.673. The second-order valence-corrected chi connectivity index (χ2v) is 4.90. The van der Waals surface area contributed by atoms with Gasteiger partial charge in [-0.3, -0.25) is 9.59 Å². The molecule has 5 nitrogen and oxygen atoms in total. The molecule has 23 heavy (non-hydrogen) atoms. The molecule has 2 aromatic carbocycles. The first kappa shape index (κ1) is 16.6. The van der Waals surface area contributed by atoms with E-state index in [1.165, 1.54) is 30.3 Å². The third-order valence-corrected chi connectivity index (χ3v) is 3.13. The highest BCUT2D eigenvalue weighted by molar-refractivity contribution is 6.33. The number of benzene rings is 2. The third-order valence-electron chi connectivity index (χ3n) is 2.82. The first-order valence-electron chi connectivity index (χ1n) is 6.47. The first-order chi connectivity index (χ1) is 11.0. The maximum atomic E-state index is 12.9. The number of carbonyl (C=O) groups is 3. The van der Waals surface area contributed by atoms with Crippen molar-refractivity contribution < 1.29 is 23.5 Å². The van der Waals surface area contributed by atoms with E-state index in [9.17, 15) is 18.8 Å². The third kappa shape index (κ3) is 4.62. The number of hydrogen-bond donors (Lipinski definition) is 1. The molecule has 0 atom stereocenters. The molecule has 0 radical (unpaired) electrons. The summed E-state index contributed by atoms with van der Waals surface area (Å²) in [6.45, 7) is -0.526. The van der Waals surface area contributed by atoms with Gasteiger partial charge in [-0.2, -0.15) is 0 Å². The van der Waals surface area contributed by atoms with Gasteiger partial charge in [-0.05, 0) is 30.3 Å². The summed E-state index contributed by atoms with van der Waals surface area (Å²) in [6, 6.07) is 9.25. The van der Waals surface area contributed by atoms with E-state index in [0.717, 1.165) is 12.1 Å². The molecule has 0 aromatic heterocycles. The Hall–Kier alpha value is -2.73. The van der Waals surface area contributed by atoms with Crippen LogP contribution in [0.2, 0.25) is 5.02 Å². The van der Waals surface area contributed by atoms with Crippen molar-refractivity contribution in [3.63, 3.8) is 0 Å². The number of aldehydes is 1. The van der Waals surface area contributed by atoms with Gasteiger partial charge >= 0.3 is 5.97 Å². The molecular formula is C16H11ClFNO4. The van der Waals surface area contributed by atoms with Crippen molar-refractivity contribution in [1.29, 1.82) is 0 Å². The summed E-state index contributed by atoms with van der Waals surface area (Å²) >= 11 is 5.77. The Bertz CT molecular complexity index is 746. The molecule has 0 fully saturated rings. The molecule has 0 unspecified atom stereocenters. The Balaban J connectivity index is 1.90. The van der Waals surface area contributed by atoms with Crippen LogP contribution in [0.4, 0.5) is 10.1 Å². The maximum Gasteiger partial charge on any atom is 0.338 e. The highest BCUT2D eigenvalue weighted by Crippen LogP contribution is 2.22. The smallest absolute Gasteiger partial charge is 0.338 e. The summed E-state index contributed by atoms with van der Waals surface area (Å²) in [6.07, 6.45) is 0.648. The Morgan fingerprint density at radius 3 is 2.48 bits per heavy atom. The fourth-order valence-corrected chi connectivity index (χ4v) is 1.90. The fraction of sp³-hybridized carbons (Fsp3) is 0.0625. The van der Waals surface area contributed by atoms with Crippen molar-refractivity contribution in [2.24, 2.45) is 0 Å². The molecule has 0 saturated heterocycles. The summed E-state index contributed by atoms with van der Waals surface area (Å²) in [7, 11) is 0. The fourth-order valence-electron chi connectivity index (χ4n) is 1.69. The highest BCUT2D eigenvalue weighted by Gasteiger charge is 2.11. The van der Waals surface area contributed by atoms with Crippen molar-refractivity contribution in [2.45, 2.75) is 0 Å². The average Bonchev–Trinajstić information content (AvgIpc) is 2.55. The van der Waals surface area contributed by atoms with Crippen LogP contribution in [0.15, 0.2) is 42.5 Å². The molecule has 1 amide bonds. The molecule has 2 aromatic rings. The van der Waals surface area contributed by atoms with E-state index >= 15 is 0 Å². The maximum absolute atomic E-state index is 12.9. The van der Waals surface area contributed by atoms with Crippen LogP contribution >= 0.6 is 11.6 Å². The van der Waals surface area contributed by atoms with E-state index < -0.39 is 24.3 Å². The van der Waals surface area contributed by atoms with E-state index in [-0.39, 0.29) is 16.3 Å². The SMILES string of the molecule is O=Cc1ccc(C(=O)OCC(=O)Nc2ccc(F)cc2Cl)cc1. The van der Waals surface area contributed by atoms with Gasteiger partial charge in [0.25, 0.3) is 5.91 Å². The molecule has 0 bridgehead atoms. The van der Waals surface area contributed by atoms with E-state index in [2.05, 4.69) is 5.32 Å². The van der Waals surface area contributed by atoms with Gasteiger partial charge in [-0.1, -0.05) is 23.7 Å². The van der Waals surface area contributed by atoms with Crippen molar-refractivity contribution in [3.05, 3.63) is 64.4 Å². The molecule has 1 N–H and O–H groups in total. The van der Waals surface area contributed by atoms with Crippen LogP contribution in [-0.4, -0.2) is 24.8 Å². The number of nitrogens with one attached hydrogen (secondary N) is 1. The van der Waals surface area contributed by atoms with Crippen molar-refractivity contribution in [3.8, 4) is 0 Å². The van der Waals surface area contributed by atoms with Crippen LogP contribution < -0.4 is 5.32 Å². The summed E-state index contributed by atoms with van der Waals surface area (Å²) in [5, 5.41) is 2.44. The zero-order valence-corrected chi connectivity index (χ0v) is 12.5. The minimum atomic E-state index is -0.706. The van der Waals surface area contributed by atoms with Gasteiger partial charge < -0.3 is 10.1 Å². The van der Waals surface area contributed by atoms with Gasteiger partial charge in [0.05, 0.1) is 16.3 Å². The van der Waals surface area contributed by atoms with Crippen LogP contribution in [-0.2, 0) is 9.53 Å². The summed E-state index contributed by atoms with van der Waals surface area (Å²) < 4.78 is 17.7. The molecule has 0 aliphatic heterocycles. The Kier molecular flexibility index (Phi) is 5.43. The predicted molar refractivity (Wildman–Crippen MR) is 82.2 cm³/mol. The number of carbonyl (C=O) groups excluding carboxylic acids is 3. The van der Waals surface area contributed by atoms with Gasteiger partial charge in [0, 0.05) is 5.56 Å². The topological polar surface area (TPSA) is 72.5 Å². The van der Waals surface area contributed by atoms with Crippen LogP contribution in [0, 0.1) is 5.82 Å². The number of anilines is 1. The normalized spacial score (nSPS) is 10.0. The number of halogens is 2. The zero-order chi connectivity index (χ0) is 16.8. The van der Waals surface area contributed by atoms with E-state index in [4.69, 9.17) is 16.3 Å². The van der Waals surface area contributed by atoms with Crippen molar-refractivity contribution in [2.75, 3.05) is 11.9 Å². The molecule has 0 heterocycles. The largest absolute Gasteiger partial charge is 0.452 e. The zero-order valence-electron chi connectivity index (χ0n) is 11.7. The second-order valence-electron chi connectivity index (χ2n) is 4.49. The number of hydrogen-bond acceptors (Lipinski definition) is 4. The van der Waals surface area contributed by atoms with E-state index in [0.29, 0.717) is 11.8 Å². The second kappa shape index (κ2) is 7.51. The molecule has 2 rings (SSSR count). The van der Waals surface area contributed by atoms with Crippen molar-refractivity contribution >= 4 is 35.5 Å². The average molecular weight is 336 g/mol. The molecule has 118 valence electrons. The number of rotatable bonds is 5. The lowest BCUT2D eigenvalue weighted by Gasteiger charge is -2.08. The minimum absolute atomic E-state index is 0.0362. The standard InChI is InChI=1S/C16H11ClFNO4/c17-13-7-12(18)5-6-14(13)19-15(21)9-23-16(22)11-3-1-10(8-20)2-4-11/h1-8H,9H2,(H,19,21). The number of ether oxygens (including phenoxy) is 1. The van der Waals surface area contributed by atoms with Gasteiger partial charge in [0.15, 0.2) is 6.61 Å². The van der Waals surface area contributed by atoms with Gasteiger partial charge in [0.2, 0.25) is 0 Å². The molecule has 0 aliphatic carbocycles. The summed E-state index contributed by atoms with van der Waals surface area (Å²) in [5.41, 5.74) is 0.845. The molecule has 0 aliphatic rings. The lowest BCUT2D eigenvalue weighted by Crippen LogP contribution is -2.21. The molecule has 7 heteroatoms.